The van der Waals surface area contributed by atoms with Gasteiger partial charge in [-0.3, -0.25) is 0 Å². The summed E-state index contributed by atoms with van der Waals surface area (Å²) in [5.74, 6) is 1.33. The summed E-state index contributed by atoms with van der Waals surface area (Å²) in [5, 5.41) is 0. The number of benzene rings is 1. The Morgan fingerprint density at radius 3 is 2.31 bits per heavy atom. The van der Waals surface area contributed by atoms with Crippen molar-refractivity contribution >= 4 is 11.0 Å². The fourth-order valence-electron chi connectivity index (χ4n) is 2.70. The van der Waals surface area contributed by atoms with Crippen molar-refractivity contribution in [3.63, 3.8) is 0 Å². The van der Waals surface area contributed by atoms with Crippen LogP contribution in [0.5, 0.6) is 0 Å². The van der Waals surface area contributed by atoms with Gasteiger partial charge in [-0.25, -0.2) is 9.13 Å². The maximum absolute atomic E-state index is 2.40. The van der Waals surface area contributed by atoms with E-state index in [-0.39, 0.29) is 0 Å². The molecule has 2 nitrogen and oxygen atoms in total. The quantitative estimate of drug-likeness (QED) is 0.649. The minimum Gasteiger partial charge on any atom is -0.230 e. The highest BCUT2D eigenvalue weighted by atomic mass is 15.1. The van der Waals surface area contributed by atoms with Crippen LogP contribution in [0.3, 0.4) is 0 Å². The first kappa shape index (κ1) is 11.2. The van der Waals surface area contributed by atoms with E-state index in [1.165, 1.54) is 33.5 Å². The summed E-state index contributed by atoms with van der Waals surface area (Å²) in [5.41, 5.74) is 6.94. The minimum absolute atomic E-state index is 1.03. The van der Waals surface area contributed by atoms with Gasteiger partial charge in [0.05, 0.1) is 13.6 Å². The lowest BCUT2D eigenvalue weighted by molar-refractivity contribution is -0.652. The van der Waals surface area contributed by atoms with Gasteiger partial charge in [-0.2, -0.15) is 0 Å². The summed E-state index contributed by atoms with van der Waals surface area (Å²) in [4.78, 5) is 0. The molecular formula is C14H21N2+. The molecule has 0 fully saturated rings. The van der Waals surface area contributed by atoms with Crippen molar-refractivity contribution in [1.82, 2.24) is 4.57 Å². The van der Waals surface area contributed by atoms with Crippen molar-refractivity contribution in [2.24, 2.45) is 7.05 Å². The highest BCUT2D eigenvalue weighted by Gasteiger charge is 2.22. The molecular weight excluding hydrogens is 196 g/mol. The SMILES string of the molecule is CCn1c(C)[n+](C)c2c(C)c(C)cc(C)c21. The van der Waals surface area contributed by atoms with Gasteiger partial charge >= 0.3 is 0 Å². The summed E-state index contributed by atoms with van der Waals surface area (Å²) >= 11 is 0. The molecule has 0 unspecified atom stereocenters. The second-order valence-electron chi connectivity index (χ2n) is 4.68. The van der Waals surface area contributed by atoms with Crippen molar-refractivity contribution in [2.45, 2.75) is 41.2 Å². The molecule has 0 amide bonds. The highest BCUT2D eigenvalue weighted by Crippen LogP contribution is 2.24. The molecule has 2 heteroatoms. The van der Waals surface area contributed by atoms with Crippen LogP contribution in [-0.4, -0.2) is 4.57 Å². The van der Waals surface area contributed by atoms with Crippen LogP contribution in [0, 0.1) is 27.7 Å². The van der Waals surface area contributed by atoms with Crippen LogP contribution in [0.25, 0.3) is 11.0 Å². The molecule has 2 aromatic rings. The molecule has 0 aliphatic rings. The molecule has 16 heavy (non-hydrogen) atoms. The van der Waals surface area contributed by atoms with Gasteiger partial charge in [-0.05, 0) is 33.3 Å². The van der Waals surface area contributed by atoms with Crippen LogP contribution in [0.1, 0.15) is 29.4 Å². The fourth-order valence-corrected chi connectivity index (χ4v) is 2.70. The first-order chi connectivity index (χ1) is 7.49. The Balaban J connectivity index is 3.05. The van der Waals surface area contributed by atoms with Gasteiger partial charge in [0.25, 0.3) is 5.82 Å². The number of hydrogen-bond donors (Lipinski definition) is 0. The number of imidazole rings is 1. The van der Waals surface area contributed by atoms with Gasteiger partial charge in [0.15, 0.2) is 11.0 Å². The van der Waals surface area contributed by atoms with Crippen molar-refractivity contribution in [3.05, 3.63) is 28.6 Å². The lowest BCUT2D eigenvalue weighted by Gasteiger charge is -2.03. The molecule has 0 radical (unpaired) electrons. The Morgan fingerprint density at radius 1 is 1.12 bits per heavy atom. The van der Waals surface area contributed by atoms with Gasteiger partial charge in [-0.15, -0.1) is 0 Å². The minimum atomic E-state index is 1.03. The van der Waals surface area contributed by atoms with E-state index in [0.29, 0.717) is 0 Å². The second-order valence-corrected chi connectivity index (χ2v) is 4.68. The summed E-state index contributed by atoms with van der Waals surface area (Å²) in [6.45, 7) is 12.1. The monoisotopic (exact) mass is 217 g/mol. The topological polar surface area (TPSA) is 8.81 Å². The van der Waals surface area contributed by atoms with Gasteiger partial charge in [0.2, 0.25) is 0 Å². The maximum atomic E-state index is 2.40. The molecule has 1 heterocycles. The second kappa shape index (κ2) is 3.62. The van der Waals surface area contributed by atoms with Crippen LogP contribution < -0.4 is 4.57 Å². The van der Waals surface area contributed by atoms with Crippen LogP contribution in [0.15, 0.2) is 6.07 Å². The van der Waals surface area contributed by atoms with E-state index < -0.39 is 0 Å². The molecule has 0 saturated heterocycles. The van der Waals surface area contributed by atoms with Gasteiger partial charge in [0, 0.05) is 18.1 Å². The molecule has 0 atom stereocenters. The summed E-state index contributed by atoms with van der Waals surface area (Å²) in [6.07, 6.45) is 0. The predicted octanol–water partition coefficient (Wildman–Crippen LogP) is 2.72. The molecule has 0 saturated carbocycles. The molecule has 0 aliphatic carbocycles. The van der Waals surface area contributed by atoms with Crippen molar-refractivity contribution in [3.8, 4) is 0 Å². The van der Waals surface area contributed by atoms with E-state index in [1.54, 1.807) is 0 Å². The summed E-state index contributed by atoms with van der Waals surface area (Å²) in [7, 11) is 2.16. The molecule has 2 rings (SSSR count). The van der Waals surface area contributed by atoms with Crippen molar-refractivity contribution < 1.29 is 4.57 Å². The lowest BCUT2D eigenvalue weighted by atomic mass is 10.0. The zero-order valence-electron chi connectivity index (χ0n) is 11.2. The number of aryl methyl sites for hydroxylation is 5. The third-order valence-electron chi connectivity index (χ3n) is 3.78. The Hall–Kier alpha value is -1.31. The van der Waals surface area contributed by atoms with Crippen LogP contribution in [0.4, 0.5) is 0 Å². The number of hydrogen-bond acceptors (Lipinski definition) is 0. The zero-order valence-corrected chi connectivity index (χ0v) is 11.2. The molecule has 0 bridgehead atoms. The van der Waals surface area contributed by atoms with Crippen LogP contribution in [-0.2, 0) is 13.6 Å². The van der Waals surface area contributed by atoms with Crippen LogP contribution >= 0.6 is 0 Å². The predicted molar refractivity (Wildman–Crippen MR) is 67.7 cm³/mol. The zero-order chi connectivity index (χ0) is 12.0. The van der Waals surface area contributed by atoms with Crippen molar-refractivity contribution in [1.29, 1.82) is 0 Å². The van der Waals surface area contributed by atoms with E-state index in [0.717, 1.165) is 6.54 Å². The largest absolute Gasteiger partial charge is 0.254 e. The lowest BCUT2D eigenvalue weighted by Crippen LogP contribution is -2.31. The Kier molecular flexibility index (Phi) is 2.53. The van der Waals surface area contributed by atoms with Gasteiger partial charge in [-0.1, -0.05) is 6.07 Å². The number of rotatable bonds is 1. The van der Waals surface area contributed by atoms with E-state index in [2.05, 4.69) is 56.9 Å². The third kappa shape index (κ3) is 1.29. The standard InChI is InChI=1S/C14H21N2/c1-7-16-12(5)15(6)14-11(4)9(2)8-10(3)13(14)16/h8H,7H2,1-6H3/q+1. The van der Waals surface area contributed by atoms with Gasteiger partial charge in [0.1, 0.15) is 0 Å². The molecule has 86 valence electrons. The third-order valence-corrected chi connectivity index (χ3v) is 3.78. The molecule has 0 aliphatic heterocycles. The first-order valence-electron chi connectivity index (χ1n) is 5.94. The normalized spacial score (nSPS) is 11.4. The van der Waals surface area contributed by atoms with E-state index in [9.17, 15) is 0 Å². The van der Waals surface area contributed by atoms with E-state index in [4.69, 9.17) is 0 Å². The molecule has 0 spiro atoms. The average Bonchev–Trinajstić information content (AvgIpc) is 2.49. The maximum Gasteiger partial charge on any atom is 0.254 e. The summed E-state index contributed by atoms with van der Waals surface area (Å²) in [6, 6.07) is 2.29. The average molecular weight is 217 g/mol. The highest BCUT2D eigenvalue weighted by molar-refractivity contribution is 5.80. The van der Waals surface area contributed by atoms with E-state index in [1.807, 2.05) is 0 Å². The first-order valence-corrected chi connectivity index (χ1v) is 5.94. The van der Waals surface area contributed by atoms with E-state index >= 15 is 0 Å². The van der Waals surface area contributed by atoms with Crippen LogP contribution in [0.2, 0.25) is 0 Å². The smallest absolute Gasteiger partial charge is 0.230 e. The Bertz CT molecular complexity index is 562. The molecule has 1 aromatic carbocycles. The number of nitrogens with zero attached hydrogens (tertiary/aromatic N) is 2. The number of aromatic nitrogens is 2. The number of fused-ring (bicyclic) bond motifs is 1. The molecule has 0 N–H and O–H groups in total. The Morgan fingerprint density at radius 2 is 1.75 bits per heavy atom. The summed E-state index contributed by atoms with van der Waals surface area (Å²) < 4.78 is 4.71. The Labute approximate surface area is 97.5 Å². The fraction of sp³-hybridized carbons (Fsp3) is 0.500. The molecule has 1 aromatic heterocycles. The van der Waals surface area contributed by atoms with Gasteiger partial charge < -0.3 is 0 Å². The van der Waals surface area contributed by atoms with Crippen molar-refractivity contribution in [2.75, 3.05) is 0 Å².